The maximum absolute atomic E-state index is 12.3. The number of rotatable bonds is 3. The van der Waals surface area contributed by atoms with Gasteiger partial charge in [0.2, 0.25) is 0 Å². The summed E-state index contributed by atoms with van der Waals surface area (Å²) in [6, 6.07) is 8.36. The number of nitrogens with two attached hydrogens (primary N) is 1. The van der Waals surface area contributed by atoms with Crippen LogP contribution in [0.4, 0.5) is 11.4 Å². The number of methoxy groups -OCH3 is 1. The molecule has 110 valence electrons. The van der Waals surface area contributed by atoms with Crippen molar-refractivity contribution in [3.8, 4) is 11.5 Å². The van der Waals surface area contributed by atoms with Crippen LogP contribution >= 0.6 is 0 Å². The number of carbonyl (C=O) groups is 1. The number of ether oxygens (including phenoxy) is 1. The standard InChI is InChI=1S/C16H18N2O3/c1-9-4-7-14(10(2)15(9)19)18-16(20)12-6-5-11(21-3)8-13(12)17/h4-8,19H,17H2,1-3H3,(H,18,20). The number of aromatic hydroxyl groups is 1. The van der Waals surface area contributed by atoms with Gasteiger partial charge in [0.1, 0.15) is 11.5 Å². The Bertz CT molecular complexity index is 696. The topological polar surface area (TPSA) is 84.6 Å². The number of aryl methyl sites for hydroxylation is 1. The van der Waals surface area contributed by atoms with Crippen LogP contribution in [0.3, 0.4) is 0 Å². The molecule has 0 bridgehead atoms. The van der Waals surface area contributed by atoms with E-state index in [-0.39, 0.29) is 11.7 Å². The van der Waals surface area contributed by atoms with Crippen molar-refractivity contribution in [2.75, 3.05) is 18.2 Å². The van der Waals surface area contributed by atoms with E-state index in [9.17, 15) is 9.90 Å². The highest BCUT2D eigenvalue weighted by atomic mass is 16.5. The Morgan fingerprint density at radius 1 is 1.24 bits per heavy atom. The van der Waals surface area contributed by atoms with Gasteiger partial charge in [-0.05, 0) is 37.6 Å². The lowest BCUT2D eigenvalue weighted by atomic mass is 10.1. The zero-order valence-corrected chi connectivity index (χ0v) is 12.2. The molecule has 0 fully saturated rings. The van der Waals surface area contributed by atoms with Crippen LogP contribution in [0.25, 0.3) is 0 Å². The van der Waals surface area contributed by atoms with Crippen LogP contribution in [0.2, 0.25) is 0 Å². The second-order valence-electron chi connectivity index (χ2n) is 4.81. The van der Waals surface area contributed by atoms with Gasteiger partial charge < -0.3 is 20.9 Å². The van der Waals surface area contributed by atoms with Gasteiger partial charge in [-0.25, -0.2) is 0 Å². The summed E-state index contributed by atoms with van der Waals surface area (Å²) in [6.07, 6.45) is 0. The van der Waals surface area contributed by atoms with Crippen LogP contribution in [0.5, 0.6) is 11.5 Å². The number of phenols is 1. The monoisotopic (exact) mass is 286 g/mol. The molecule has 5 nitrogen and oxygen atoms in total. The maximum Gasteiger partial charge on any atom is 0.257 e. The summed E-state index contributed by atoms with van der Waals surface area (Å²) in [5.41, 5.74) is 8.48. The molecule has 0 saturated carbocycles. The molecule has 0 heterocycles. The van der Waals surface area contributed by atoms with E-state index in [1.807, 2.05) is 0 Å². The van der Waals surface area contributed by atoms with E-state index in [1.165, 1.54) is 7.11 Å². The normalized spacial score (nSPS) is 10.2. The van der Waals surface area contributed by atoms with Gasteiger partial charge in [-0.2, -0.15) is 0 Å². The van der Waals surface area contributed by atoms with Crippen molar-refractivity contribution in [3.05, 3.63) is 47.0 Å². The molecule has 21 heavy (non-hydrogen) atoms. The average molecular weight is 286 g/mol. The lowest BCUT2D eigenvalue weighted by molar-refractivity contribution is 0.102. The summed E-state index contributed by atoms with van der Waals surface area (Å²) in [7, 11) is 1.53. The second-order valence-corrected chi connectivity index (χ2v) is 4.81. The molecule has 0 aliphatic carbocycles. The molecule has 0 aliphatic heterocycles. The summed E-state index contributed by atoms with van der Waals surface area (Å²) in [5.74, 6) is 0.435. The van der Waals surface area contributed by atoms with E-state index in [0.29, 0.717) is 28.3 Å². The number of amides is 1. The molecule has 2 aromatic carbocycles. The van der Waals surface area contributed by atoms with Crippen LogP contribution in [0.15, 0.2) is 30.3 Å². The molecule has 0 atom stereocenters. The van der Waals surface area contributed by atoms with Crippen molar-refractivity contribution in [2.24, 2.45) is 0 Å². The first kappa shape index (κ1) is 14.7. The van der Waals surface area contributed by atoms with Crippen molar-refractivity contribution in [3.63, 3.8) is 0 Å². The van der Waals surface area contributed by atoms with Gasteiger partial charge in [0.25, 0.3) is 5.91 Å². The van der Waals surface area contributed by atoms with Gasteiger partial charge in [-0.15, -0.1) is 0 Å². The fourth-order valence-electron chi connectivity index (χ4n) is 2.04. The molecule has 0 aromatic heterocycles. The Labute approximate surface area is 123 Å². The Morgan fingerprint density at radius 2 is 1.95 bits per heavy atom. The van der Waals surface area contributed by atoms with Gasteiger partial charge in [0, 0.05) is 23.0 Å². The smallest absolute Gasteiger partial charge is 0.257 e. The minimum atomic E-state index is -0.332. The summed E-state index contributed by atoms with van der Waals surface area (Å²) in [4.78, 5) is 12.3. The molecule has 2 rings (SSSR count). The lowest BCUT2D eigenvalue weighted by Crippen LogP contribution is -2.15. The molecule has 5 heteroatoms. The third-order valence-electron chi connectivity index (χ3n) is 3.38. The SMILES string of the molecule is COc1ccc(C(=O)Nc2ccc(C)c(O)c2C)c(N)c1. The van der Waals surface area contributed by atoms with Gasteiger partial charge in [-0.3, -0.25) is 4.79 Å². The summed E-state index contributed by atoms with van der Waals surface area (Å²) < 4.78 is 5.05. The molecular weight excluding hydrogens is 268 g/mol. The first-order valence-corrected chi connectivity index (χ1v) is 6.48. The highest BCUT2D eigenvalue weighted by Gasteiger charge is 2.13. The van der Waals surface area contributed by atoms with E-state index in [0.717, 1.165) is 5.56 Å². The molecule has 0 aliphatic rings. The Hall–Kier alpha value is -2.69. The zero-order valence-electron chi connectivity index (χ0n) is 12.2. The van der Waals surface area contributed by atoms with Crippen LogP contribution in [-0.4, -0.2) is 18.1 Å². The molecule has 2 aromatic rings. The molecule has 4 N–H and O–H groups in total. The van der Waals surface area contributed by atoms with Gasteiger partial charge in [-0.1, -0.05) is 6.07 Å². The van der Waals surface area contributed by atoms with Crippen molar-refractivity contribution in [2.45, 2.75) is 13.8 Å². The van der Waals surface area contributed by atoms with E-state index in [2.05, 4.69) is 5.32 Å². The number of anilines is 2. The van der Waals surface area contributed by atoms with Crippen molar-refractivity contribution >= 4 is 17.3 Å². The van der Waals surface area contributed by atoms with Crippen LogP contribution in [0.1, 0.15) is 21.5 Å². The van der Waals surface area contributed by atoms with Gasteiger partial charge in [0.05, 0.1) is 12.7 Å². The van der Waals surface area contributed by atoms with Crippen LogP contribution in [0, 0.1) is 13.8 Å². The van der Waals surface area contributed by atoms with Crippen LogP contribution in [-0.2, 0) is 0 Å². The number of hydrogen-bond donors (Lipinski definition) is 3. The van der Waals surface area contributed by atoms with Crippen molar-refractivity contribution in [1.29, 1.82) is 0 Å². The quantitative estimate of drug-likeness (QED) is 0.757. The molecule has 0 saturated heterocycles. The zero-order chi connectivity index (χ0) is 15.6. The second kappa shape index (κ2) is 5.75. The Balaban J connectivity index is 2.28. The summed E-state index contributed by atoms with van der Waals surface area (Å²) >= 11 is 0. The van der Waals surface area contributed by atoms with E-state index in [1.54, 1.807) is 44.2 Å². The van der Waals surface area contributed by atoms with E-state index in [4.69, 9.17) is 10.5 Å². The molecule has 1 amide bonds. The molecular formula is C16H18N2O3. The third kappa shape index (κ3) is 2.91. The van der Waals surface area contributed by atoms with Gasteiger partial charge >= 0.3 is 0 Å². The minimum Gasteiger partial charge on any atom is -0.507 e. The fraction of sp³-hybridized carbons (Fsp3) is 0.188. The first-order chi connectivity index (χ1) is 9.93. The fourth-order valence-corrected chi connectivity index (χ4v) is 2.04. The molecule has 0 radical (unpaired) electrons. The molecule has 0 unspecified atom stereocenters. The first-order valence-electron chi connectivity index (χ1n) is 6.48. The number of hydrogen-bond acceptors (Lipinski definition) is 4. The largest absolute Gasteiger partial charge is 0.507 e. The lowest BCUT2D eigenvalue weighted by Gasteiger charge is -2.12. The van der Waals surface area contributed by atoms with E-state index >= 15 is 0 Å². The summed E-state index contributed by atoms with van der Waals surface area (Å²) in [5, 5.41) is 12.7. The number of benzene rings is 2. The maximum atomic E-state index is 12.3. The number of carbonyl (C=O) groups excluding carboxylic acids is 1. The number of nitrogen functional groups attached to an aromatic ring is 1. The van der Waals surface area contributed by atoms with Gasteiger partial charge in [0.15, 0.2) is 0 Å². The number of phenolic OH excluding ortho intramolecular Hbond substituents is 1. The van der Waals surface area contributed by atoms with Crippen molar-refractivity contribution < 1.29 is 14.6 Å². The highest BCUT2D eigenvalue weighted by molar-refractivity contribution is 6.08. The Kier molecular flexibility index (Phi) is 4.03. The number of nitrogens with one attached hydrogen (secondary N) is 1. The Morgan fingerprint density at radius 3 is 2.57 bits per heavy atom. The molecule has 0 spiro atoms. The van der Waals surface area contributed by atoms with Crippen LogP contribution < -0.4 is 15.8 Å². The summed E-state index contributed by atoms with van der Waals surface area (Å²) in [6.45, 7) is 3.55. The van der Waals surface area contributed by atoms with Crippen molar-refractivity contribution in [1.82, 2.24) is 0 Å². The average Bonchev–Trinajstić information content (AvgIpc) is 2.47. The minimum absolute atomic E-state index is 0.176. The third-order valence-corrected chi connectivity index (χ3v) is 3.38. The predicted octanol–water partition coefficient (Wildman–Crippen LogP) is 2.85. The highest BCUT2D eigenvalue weighted by Crippen LogP contribution is 2.29. The predicted molar refractivity (Wildman–Crippen MR) is 82.9 cm³/mol. The van der Waals surface area contributed by atoms with E-state index < -0.39 is 0 Å².